The van der Waals surface area contributed by atoms with Crippen LogP contribution >= 0.6 is 0 Å². The Labute approximate surface area is 133 Å². The lowest BCUT2D eigenvalue weighted by Gasteiger charge is -2.08. The van der Waals surface area contributed by atoms with E-state index in [9.17, 15) is 14.9 Å². The van der Waals surface area contributed by atoms with Gasteiger partial charge < -0.3 is 15.2 Å². The first kappa shape index (κ1) is 16.5. The number of aromatic nitrogens is 2. The Morgan fingerprint density at radius 1 is 1.30 bits per heavy atom. The van der Waals surface area contributed by atoms with Crippen molar-refractivity contribution in [2.45, 2.75) is 19.4 Å². The molecule has 0 atom stereocenters. The highest BCUT2D eigenvalue weighted by Crippen LogP contribution is 2.22. The van der Waals surface area contributed by atoms with Crippen molar-refractivity contribution in [3.8, 4) is 0 Å². The van der Waals surface area contributed by atoms with E-state index in [1.807, 2.05) is 10.8 Å². The number of hydrogen-bond donors (Lipinski definition) is 2. The van der Waals surface area contributed by atoms with E-state index in [2.05, 4.69) is 15.6 Å². The number of para-hydroxylation sites is 2. The van der Waals surface area contributed by atoms with Crippen molar-refractivity contribution in [2.24, 2.45) is 0 Å². The summed E-state index contributed by atoms with van der Waals surface area (Å²) >= 11 is 0. The number of aryl methyl sites for hydroxylation is 1. The van der Waals surface area contributed by atoms with E-state index in [4.69, 9.17) is 0 Å². The van der Waals surface area contributed by atoms with Crippen molar-refractivity contribution in [1.29, 1.82) is 0 Å². The van der Waals surface area contributed by atoms with E-state index in [0.717, 1.165) is 19.4 Å². The standard InChI is InChI=1S/C15H19N5O3/c21-15(17-7-3-4-9-19-10-8-16-12-19)11-18-13-5-1-2-6-14(13)20(22)23/h1-2,5-6,8,10,12,18H,3-4,7,9,11H2,(H,17,21). The zero-order valence-corrected chi connectivity index (χ0v) is 12.6. The van der Waals surface area contributed by atoms with E-state index in [1.54, 1.807) is 30.7 Å². The third-order valence-corrected chi connectivity index (χ3v) is 3.26. The van der Waals surface area contributed by atoms with Gasteiger partial charge in [-0.25, -0.2) is 4.98 Å². The Kier molecular flexibility index (Phi) is 6.10. The Morgan fingerprint density at radius 3 is 2.87 bits per heavy atom. The van der Waals surface area contributed by atoms with Crippen molar-refractivity contribution in [1.82, 2.24) is 14.9 Å². The second-order valence-corrected chi connectivity index (χ2v) is 4.99. The van der Waals surface area contributed by atoms with E-state index in [0.29, 0.717) is 12.2 Å². The number of rotatable bonds is 9. The third-order valence-electron chi connectivity index (χ3n) is 3.26. The van der Waals surface area contributed by atoms with Crippen molar-refractivity contribution < 1.29 is 9.72 Å². The van der Waals surface area contributed by atoms with Gasteiger partial charge >= 0.3 is 0 Å². The van der Waals surface area contributed by atoms with Gasteiger partial charge in [0.05, 0.1) is 17.8 Å². The highest BCUT2D eigenvalue weighted by molar-refractivity contribution is 5.81. The lowest BCUT2D eigenvalue weighted by Crippen LogP contribution is -2.30. The van der Waals surface area contributed by atoms with Crippen LogP contribution < -0.4 is 10.6 Å². The van der Waals surface area contributed by atoms with Crippen LogP contribution in [0.1, 0.15) is 12.8 Å². The molecule has 122 valence electrons. The molecule has 0 spiro atoms. The van der Waals surface area contributed by atoms with Crippen molar-refractivity contribution in [3.63, 3.8) is 0 Å². The number of unbranched alkanes of at least 4 members (excludes halogenated alkanes) is 1. The summed E-state index contributed by atoms with van der Waals surface area (Å²) in [5.41, 5.74) is 0.299. The van der Waals surface area contributed by atoms with Gasteiger partial charge in [-0.15, -0.1) is 0 Å². The SMILES string of the molecule is O=C(CNc1ccccc1[N+](=O)[O-])NCCCCn1ccnc1. The molecular weight excluding hydrogens is 298 g/mol. The zero-order valence-electron chi connectivity index (χ0n) is 12.6. The molecule has 1 heterocycles. The molecule has 0 saturated carbocycles. The van der Waals surface area contributed by atoms with Crippen LogP contribution in [0.3, 0.4) is 0 Å². The first-order chi connectivity index (χ1) is 11.2. The molecule has 1 amide bonds. The largest absolute Gasteiger partial charge is 0.371 e. The summed E-state index contributed by atoms with van der Waals surface area (Å²) in [4.78, 5) is 26.1. The minimum atomic E-state index is -0.476. The summed E-state index contributed by atoms with van der Waals surface area (Å²) in [6.45, 7) is 1.45. The molecule has 8 heteroatoms. The van der Waals surface area contributed by atoms with E-state index >= 15 is 0 Å². The third kappa shape index (κ3) is 5.42. The molecule has 2 N–H and O–H groups in total. The lowest BCUT2D eigenvalue weighted by molar-refractivity contribution is -0.383. The monoisotopic (exact) mass is 317 g/mol. The number of imidazole rings is 1. The minimum absolute atomic E-state index is 0.00632. The van der Waals surface area contributed by atoms with Gasteiger partial charge in [-0.05, 0) is 18.9 Å². The number of benzene rings is 1. The molecule has 0 fully saturated rings. The molecule has 0 bridgehead atoms. The summed E-state index contributed by atoms with van der Waals surface area (Å²) in [6.07, 6.45) is 7.18. The van der Waals surface area contributed by atoms with E-state index in [1.165, 1.54) is 6.07 Å². The van der Waals surface area contributed by atoms with Crippen LogP contribution in [0.4, 0.5) is 11.4 Å². The number of anilines is 1. The zero-order chi connectivity index (χ0) is 16.5. The Morgan fingerprint density at radius 2 is 2.13 bits per heavy atom. The molecule has 0 unspecified atom stereocenters. The molecule has 0 aliphatic rings. The second kappa shape index (κ2) is 8.52. The molecule has 2 aromatic rings. The first-order valence-electron chi connectivity index (χ1n) is 7.36. The molecule has 2 rings (SSSR count). The van der Waals surface area contributed by atoms with Crippen LogP contribution in [0, 0.1) is 10.1 Å². The smallest absolute Gasteiger partial charge is 0.292 e. The highest BCUT2D eigenvalue weighted by Gasteiger charge is 2.12. The van der Waals surface area contributed by atoms with E-state index < -0.39 is 4.92 Å². The van der Waals surface area contributed by atoms with Crippen molar-refractivity contribution >= 4 is 17.3 Å². The van der Waals surface area contributed by atoms with Crippen LogP contribution in [0.25, 0.3) is 0 Å². The summed E-state index contributed by atoms with van der Waals surface area (Å²) in [6, 6.07) is 6.25. The molecule has 0 aliphatic carbocycles. The Bertz CT molecular complexity index is 642. The first-order valence-corrected chi connectivity index (χ1v) is 7.36. The molecule has 1 aromatic carbocycles. The summed E-state index contributed by atoms with van der Waals surface area (Å²) in [7, 11) is 0. The summed E-state index contributed by atoms with van der Waals surface area (Å²) in [5.74, 6) is -0.189. The van der Waals surface area contributed by atoms with Gasteiger partial charge in [-0.3, -0.25) is 14.9 Å². The number of carbonyl (C=O) groups is 1. The average Bonchev–Trinajstić information content (AvgIpc) is 3.06. The molecule has 0 saturated heterocycles. The normalized spacial score (nSPS) is 10.3. The highest BCUT2D eigenvalue weighted by atomic mass is 16.6. The van der Waals surface area contributed by atoms with Gasteiger partial charge in [0.25, 0.3) is 5.69 Å². The lowest BCUT2D eigenvalue weighted by atomic mass is 10.2. The van der Waals surface area contributed by atoms with Crippen LogP contribution in [0.5, 0.6) is 0 Å². The van der Waals surface area contributed by atoms with Gasteiger partial charge in [-0.1, -0.05) is 12.1 Å². The van der Waals surface area contributed by atoms with Crippen molar-refractivity contribution in [2.75, 3.05) is 18.4 Å². The summed E-state index contributed by atoms with van der Waals surface area (Å²) in [5, 5.41) is 16.4. The molecular formula is C15H19N5O3. The maximum Gasteiger partial charge on any atom is 0.292 e. The number of nitrogens with one attached hydrogen (secondary N) is 2. The van der Waals surface area contributed by atoms with E-state index in [-0.39, 0.29) is 18.1 Å². The Hall–Kier alpha value is -2.90. The van der Waals surface area contributed by atoms with Gasteiger partial charge in [0.2, 0.25) is 5.91 Å². The quantitative estimate of drug-likeness (QED) is 0.417. The molecule has 0 radical (unpaired) electrons. The number of amides is 1. The maximum atomic E-state index is 11.7. The number of nitro groups is 1. The topological polar surface area (TPSA) is 102 Å². The number of hydrogen-bond acceptors (Lipinski definition) is 5. The Balaban J connectivity index is 1.64. The van der Waals surface area contributed by atoms with Gasteiger partial charge in [0, 0.05) is 31.5 Å². The van der Waals surface area contributed by atoms with Crippen molar-refractivity contribution in [3.05, 3.63) is 53.1 Å². The van der Waals surface area contributed by atoms with Gasteiger partial charge in [-0.2, -0.15) is 0 Å². The molecule has 1 aromatic heterocycles. The van der Waals surface area contributed by atoms with Gasteiger partial charge in [0.15, 0.2) is 0 Å². The van der Waals surface area contributed by atoms with Gasteiger partial charge in [0.1, 0.15) is 5.69 Å². The fourth-order valence-corrected chi connectivity index (χ4v) is 2.09. The number of carbonyl (C=O) groups excluding carboxylic acids is 1. The number of nitro benzene ring substituents is 1. The molecule has 0 aliphatic heterocycles. The molecule has 23 heavy (non-hydrogen) atoms. The van der Waals surface area contributed by atoms with Crippen LogP contribution in [0.15, 0.2) is 43.0 Å². The predicted octanol–water partition coefficient (Wildman–Crippen LogP) is 1.80. The fourth-order valence-electron chi connectivity index (χ4n) is 2.09. The van der Waals surface area contributed by atoms with Crippen LogP contribution in [-0.4, -0.2) is 33.5 Å². The fraction of sp³-hybridized carbons (Fsp3) is 0.333. The minimum Gasteiger partial charge on any atom is -0.371 e. The summed E-state index contributed by atoms with van der Waals surface area (Å²) < 4.78 is 1.98. The predicted molar refractivity (Wildman–Crippen MR) is 86.1 cm³/mol. The molecule has 8 nitrogen and oxygen atoms in total. The number of nitrogens with zero attached hydrogens (tertiary/aromatic N) is 3. The average molecular weight is 317 g/mol. The van der Waals surface area contributed by atoms with Crippen LogP contribution in [-0.2, 0) is 11.3 Å². The van der Waals surface area contributed by atoms with Crippen LogP contribution in [0.2, 0.25) is 0 Å². The second-order valence-electron chi connectivity index (χ2n) is 4.99. The maximum absolute atomic E-state index is 11.7.